The molecule has 1 unspecified atom stereocenters. The number of thiocarbonyl (C=S) groups is 1. The summed E-state index contributed by atoms with van der Waals surface area (Å²) in [6.07, 6.45) is 0.490. The fourth-order valence-corrected chi connectivity index (χ4v) is 3.31. The second kappa shape index (κ2) is 6.53. The molecular formula is C20H17N3OS. The summed E-state index contributed by atoms with van der Waals surface area (Å²) < 4.78 is 0. The van der Waals surface area contributed by atoms with E-state index < -0.39 is 0 Å². The van der Waals surface area contributed by atoms with Gasteiger partial charge in [-0.15, -0.1) is 0 Å². The summed E-state index contributed by atoms with van der Waals surface area (Å²) in [4.78, 5) is 2.14. The van der Waals surface area contributed by atoms with Gasteiger partial charge in [0.25, 0.3) is 0 Å². The number of rotatable bonds is 4. The first-order valence-electron chi connectivity index (χ1n) is 8.08. The lowest BCUT2D eigenvalue weighted by molar-refractivity contribution is 0.475. The maximum atomic E-state index is 9.47. The Labute approximate surface area is 151 Å². The van der Waals surface area contributed by atoms with Gasteiger partial charge in [0, 0.05) is 17.2 Å². The topological polar surface area (TPSA) is 47.9 Å². The van der Waals surface area contributed by atoms with Gasteiger partial charge in [0.2, 0.25) is 0 Å². The lowest BCUT2D eigenvalue weighted by Crippen LogP contribution is -2.41. The molecule has 0 bridgehead atoms. The fraction of sp³-hybridized carbons (Fsp3) is 0.100. The van der Waals surface area contributed by atoms with Crippen LogP contribution in [0.15, 0.2) is 71.8 Å². The van der Waals surface area contributed by atoms with E-state index in [-0.39, 0.29) is 11.9 Å². The Morgan fingerprint density at radius 1 is 1.04 bits per heavy atom. The molecule has 3 aromatic rings. The largest absolute Gasteiger partial charge is 0.508 e. The zero-order valence-corrected chi connectivity index (χ0v) is 14.3. The number of hydrogen-bond acceptors (Lipinski definition) is 5. The van der Waals surface area contributed by atoms with Crippen molar-refractivity contribution < 1.29 is 5.11 Å². The van der Waals surface area contributed by atoms with Crippen molar-refractivity contribution in [3.8, 4) is 5.75 Å². The lowest BCUT2D eigenvalue weighted by atomic mass is 10.1. The molecule has 0 radical (unpaired) electrons. The Bertz CT molecular complexity index is 947. The van der Waals surface area contributed by atoms with Crippen LogP contribution in [0, 0.1) is 0 Å². The molecule has 4 rings (SSSR count). The van der Waals surface area contributed by atoms with Gasteiger partial charge in [-0.25, -0.2) is 0 Å². The summed E-state index contributed by atoms with van der Waals surface area (Å²) in [7, 11) is 0. The van der Waals surface area contributed by atoms with E-state index in [1.54, 1.807) is 17.5 Å². The Hall–Kier alpha value is -2.92. The molecule has 3 aromatic carbocycles. The van der Waals surface area contributed by atoms with Crippen molar-refractivity contribution in [1.29, 1.82) is 0 Å². The third kappa shape index (κ3) is 2.94. The van der Waals surface area contributed by atoms with Crippen LogP contribution >= 0.6 is 12.2 Å². The van der Waals surface area contributed by atoms with Crippen LogP contribution in [0.2, 0.25) is 0 Å². The molecule has 124 valence electrons. The van der Waals surface area contributed by atoms with Gasteiger partial charge in [0.1, 0.15) is 17.8 Å². The lowest BCUT2D eigenvalue weighted by Gasteiger charge is -2.26. The van der Waals surface area contributed by atoms with Gasteiger partial charge in [0.05, 0.1) is 5.69 Å². The number of hydrazone groups is 1. The number of fused-ring (bicyclic) bond motifs is 1. The van der Waals surface area contributed by atoms with Crippen molar-refractivity contribution in [2.45, 2.75) is 12.6 Å². The number of nitrogens with one attached hydrogen (secondary N) is 1. The van der Waals surface area contributed by atoms with Gasteiger partial charge < -0.3 is 10.0 Å². The van der Waals surface area contributed by atoms with E-state index in [4.69, 9.17) is 12.2 Å². The minimum absolute atomic E-state index is 0.159. The number of phenols is 1. The molecule has 0 fully saturated rings. The molecule has 1 atom stereocenters. The van der Waals surface area contributed by atoms with Gasteiger partial charge in [-0.3, -0.25) is 5.43 Å². The molecule has 1 aliphatic heterocycles. The van der Waals surface area contributed by atoms with Crippen molar-refractivity contribution in [1.82, 2.24) is 5.43 Å². The normalized spacial score (nSPS) is 16.6. The first-order chi connectivity index (χ1) is 12.3. The molecule has 0 aliphatic carbocycles. The van der Waals surface area contributed by atoms with Gasteiger partial charge >= 0.3 is 0 Å². The zero-order valence-electron chi connectivity index (χ0n) is 13.5. The Morgan fingerprint density at radius 2 is 1.80 bits per heavy atom. The summed E-state index contributed by atoms with van der Waals surface area (Å²) in [6, 6.07) is 21.7. The van der Waals surface area contributed by atoms with Crippen LogP contribution < -0.4 is 10.3 Å². The molecule has 0 saturated heterocycles. The standard InChI is InChI=1S/C20H17N3OS/c24-16-10-8-14(9-11-16)12-19-21-22-20(13-25)23(19)18-7-3-5-15-4-1-2-6-17(15)18/h1-11,13,20,22,24H,12H2. The third-order valence-electron chi connectivity index (χ3n) is 4.34. The van der Waals surface area contributed by atoms with E-state index in [0.717, 1.165) is 22.5 Å². The molecule has 0 aromatic heterocycles. The zero-order chi connectivity index (χ0) is 17.2. The predicted molar refractivity (Wildman–Crippen MR) is 106 cm³/mol. The first-order valence-corrected chi connectivity index (χ1v) is 8.56. The molecule has 25 heavy (non-hydrogen) atoms. The molecule has 5 heteroatoms. The molecule has 2 N–H and O–H groups in total. The average Bonchev–Trinajstić information content (AvgIpc) is 3.05. The van der Waals surface area contributed by atoms with Crippen LogP contribution in [0.3, 0.4) is 0 Å². The highest BCUT2D eigenvalue weighted by Crippen LogP contribution is 2.30. The Kier molecular flexibility index (Phi) is 4.07. The monoisotopic (exact) mass is 347 g/mol. The van der Waals surface area contributed by atoms with E-state index >= 15 is 0 Å². The van der Waals surface area contributed by atoms with Crippen LogP contribution in [0.1, 0.15) is 5.56 Å². The summed E-state index contributed by atoms with van der Waals surface area (Å²) in [6.45, 7) is 0. The van der Waals surface area contributed by atoms with E-state index in [1.807, 2.05) is 24.3 Å². The van der Waals surface area contributed by atoms with Crippen LogP contribution in [0.25, 0.3) is 10.8 Å². The second-order valence-corrected chi connectivity index (χ2v) is 6.22. The highest BCUT2D eigenvalue weighted by molar-refractivity contribution is 7.79. The smallest absolute Gasteiger partial charge is 0.150 e. The number of nitrogens with zero attached hydrogens (tertiary/aromatic N) is 2. The number of benzene rings is 3. The minimum Gasteiger partial charge on any atom is -0.508 e. The second-order valence-electron chi connectivity index (χ2n) is 5.95. The molecule has 0 amide bonds. The summed E-state index contributed by atoms with van der Waals surface area (Å²) in [5.41, 5.74) is 5.26. The van der Waals surface area contributed by atoms with Crippen LogP contribution in [0.4, 0.5) is 5.69 Å². The van der Waals surface area contributed by atoms with Crippen molar-refractivity contribution in [2.24, 2.45) is 5.10 Å². The van der Waals surface area contributed by atoms with Crippen molar-refractivity contribution >= 4 is 39.9 Å². The highest BCUT2D eigenvalue weighted by atomic mass is 32.1. The molecule has 0 saturated carbocycles. The van der Waals surface area contributed by atoms with Crippen LogP contribution in [0.5, 0.6) is 5.75 Å². The fourth-order valence-electron chi connectivity index (χ4n) is 3.13. The molecular weight excluding hydrogens is 330 g/mol. The molecule has 4 nitrogen and oxygen atoms in total. The number of anilines is 1. The molecule has 0 spiro atoms. The third-order valence-corrected chi connectivity index (χ3v) is 4.59. The quantitative estimate of drug-likeness (QED) is 0.704. The SMILES string of the molecule is Oc1ccc(CC2=NNC(C=S)N2c2cccc3ccccc23)cc1. The highest BCUT2D eigenvalue weighted by Gasteiger charge is 2.28. The molecule has 1 heterocycles. The maximum absolute atomic E-state index is 9.47. The van der Waals surface area contributed by atoms with Crippen LogP contribution in [-0.4, -0.2) is 22.5 Å². The Morgan fingerprint density at radius 3 is 2.60 bits per heavy atom. The van der Waals surface area contributed by atoms with E-state index in [1.165, 1.54) is 5.39 Å². The van der Waals surface area contributed by atoms with Crippen molar-refractivity contribution in [2.75, 3.05) is 4.90 Å². The van der Waals surface area contributed by atoms with Gasteiger partial charge in [0.15, 0.2) is 0 Å². The van der Waals surface area contributed by atoms with Gasteiger partial charge in [-0.1, -0.05) is 60.7 Å². The van der Waals surface area contributed by atoms with Gasteiger partial charge in [-0.2, -0.15) is 5.10 Å². The summed E-state index contributed by atoms with van der Waals surface area (Å²) in [5.74, 6) is 1.16. The summed E-state index contributed by atoms with van der Waals surface area (Å²) >= 11 is 5.21. The van der Waals surface area contributed by atoms with Crippen molar-refractivity contribution in [3.63, 3.8) is 0 Å². The average molecular weight is 347 g/mol. The summed E-state index contributed by atoms with van der Waals surface area (Å²) in [5, 5.41) is 18.0. The number of amidine groups is 1. The Balaban J connectivity index is 1.74. The predicted octanol–water partition coefficient (Wildman–Crippen LogP) is 3.84. The van der Waals surface area contributed by atoms with Crippen LogP contribution in [-0.2, 0) is 6.42 Å². The van der Waals surface area contributed by atoms with E-state index in [2.05, 4.69) is 45.8 Å². The number of phenolic OH excluding ortho intramolecular Hbond substituents is 1. The molecule has 1 aliphatic rings. The number of aromatic hydroxyl groups is 1. The van der Waals surface area contributed by atoms with Crippen molar-refractivity contribution in [3.05, 3.63) is 72.3 Å². The van der Waals surface area contributed by atoms with E-state index in [9.17, 15) is 5.11 Å². The minimum atomic E-state index is -0.159. The number of hydrogen-bond donors (Lipinski definition) is 2. The first kappa shape index (κ1) is 15.6. The van der Waals surface area contributed by atoms with E-state index in [0.29, 0.717) is 6.42 Å². The maximum Gasteiger partial charge on any atom is 0.150 e. The van der Waals surface area contributed by atoms with Gasteiger partial charge in [-0.05, 0) is 29.1 Å².